The zero-order valence-corrected chi connectivity index (χ0v) is 23.0. The fourth-order valence-corrected chi connectivity index (χ4v) is 7.07. The summed E-state index contributed by atoms with van der Waals surface area (Å²) in [5, 5.41) is 9.91. The number of nitrogens with zero attached hydrogens (tertiary/aromatic N) is 2. The molecule has 2 aromatic heterocycles. The van der Waals surface area contributed by atoms with Crippen LogP contribution in [0.2, 0.25) is 0 Å². The summed E-state index contributed by atoms with van der Waals surface area (Å²) in [6.45, 7) is 0. The van der Waals surface area contributed by atoms with Crippen molar-refractivity contribution in [1.29, 1.82) is 0 Å². The van der Waals surface area contributed by atoms with Crippen molar-refractivity contribution < 1.29 is 0 Å². The highest BCUT2D eigenvalue weighted by atomic mass is 32.2. The molecule has 0 amide bonds. The summed E-state index contributed by atoms with van der Waals surface area (Å²) in [7, 11) is 0. The molecule has 0 atom stereocenters. The Balaban J connectivity index is 1.37. The van der Waals surface area contributed by atoms with Crippen LogP contribution in [0.3, 0.4) is 0 Å². The molecule has 0 aliphatic carbocycles. The van der Waals surface area contributed by atoms with Crippen molar-refractivity contribution in [1.82, 2.24) is 9.97 Å². The maximum Gasteiger partial charge on any atom is 0.0701 e. The van der Waals surface area contributed by atoms with Gasteiger partial charge in [-0.15, -0.1) is 0 Å². The predicted octanol–water partition coefficient (Wildman–Crippen LogP) is 10.6. The fourth-order valence-electron chi connectivity index (χ4n) is 5.99. The monoisotopic (exact) mass is 540 g/mol. The lowest BCUT2D eigenvalue weighted by Crippen LogP contribution is -1.92. The van der Waals surface area contributed by atoms with E-state index in [2.05, 4.69) is 119 Å². The molecule has 2 nitrogen and oxygen atoms in total. The van der Waals surface area contributed by atoms with Crippen LogP contribution in [0.15, 0.2) is 156 Å². The summed E-state index contributed by atoms with van der Waals surface area (Å²) in [6, 6.07) is 45.5. The summed E-state index contributed by atoms with van der Waals surface area (Å²) in [5.41, 5.74) is 4.58. The van der Waals surface area contributed by atoms with E-state index in [0.29, 0.717) is 0 Å². The number of hydrogen-bond acceptors (Lipinski definition) is 3. The first-order valence-corrected chi connectivity index (χ1v) is 14.6. The van der Waals surface area contributed by atoms with Gasteiger partial charge in [0.2, 0.25) is 0 Å². The highest BCUT2D eigenvalue weighted by Gasteiger charge is 2.19. The maximum absolute atomic E-state index is 4.63. The Morgan fingerprint density at radius 2 is 1.17 bits per heavy atom. The third-order valence-corrected chi connectivity index (χ3v) is 9.00. The summed E-state index contributed by atoms with van der Waals surface area (Å²) in [5.74, 6) is 0. The molecule has 0 radical (unpaired) electrons. The van der Waals surface area contributed by atoms with Gasteiger partial charge in [-0.3, -0.25) is 9.97 Å². The molecule has 2 heterocycles. The molecule has 0 aliphatic rings. The Morgan fingerprint density at radius 1 is 0.488 bits per heavy atom. The molecule has 0 N–H and O–H groups in total. The number of pyridine rings is 2. The number of fused-ring (bicyclic) bond motifs is 5. The highest BCUT2D eigenvalue weighted by Crippen LogP contribution is 2.47. The van der Waals surface area contributed by atoms with Gasteiger partial charge in [-0.2, -0.15) is 0 Å². The van der Waals surface area contributed by atoms with Crippen molar-refractivity contribution in [3.05, 3.63) is 146 Å². The van der Waals surface area contributed by atoms with Gasteiger partial charge in [0.15, 0.2) is 0 Å². The van der Waals surface area contributed by atoms with Crippen molar-refractivity contribution in [2.24, 2.45) is 0 Å². The molecular weight excluding hydrogens is 516 g/mol. The molecule has 0 fully saturated rings. The molecule has 0 unspecified atom stereocenters. The van der Waals surface area contributed by atoms with Crippen LogP contribution in [0.5, 0.6) is 0 Å². The van der Waals surface area contributed by atoms with Crippen LogP contribution in [0.25, 0.3) is 65.5 Å². The summed E-state index contributed by atoms with van der Waals surface area (Å²) in [4.78, 5) is 11.6. The second-order valence-electron chi connectivity index (χ2n) is 10.2. The average molecular weight is 541 g/mol. The lowest BCUT2D eigenvalue weighted by Gasteiger charge is -2.19. The largest absolute Gasteiger partial charge is 0.264 e. The average Bonchev–Trinajstić information content (AvgIpc) is 3.05. The van der Waals surface area contributed by atoms with E-state index >= 15 is 0 Å². The topological polar surface area (TPSA) is 25.8 Å². The molecule has 192 valence electrons. The second-order valence-corrected chi connectivity index (χ2v) is 11.3. The van der Waals surface area contributed by atoms with Crippen LogP contribution in [0.4, 0.5) is 0 Å². The first kappa shape index (κ1) is 23.9. The number of aromatic nitrogens is 2. The van der Waals surface area contributed by atoms with Crippen LogP contribution in [0, 0.1) is 0 Å². The number of rotatable bonds is 4. The third-order valence-electron chi connectivity index (χ3n) is 7.85. The summed E-state index contributed by atoms with van der Waals surface area (Å²) < 4.78 is 0. The minimum absolute atomic E-state index is 0.984. The molecule has 6 aromatic carbocycles. The molecule has 8 rings (SSSR count). The Labute approximate surface area is 242 Å². The molecule has 0 saturated heterocycles. The Hall–Kier alpha value is -4.99. The van der Waals surface area contributed by atoms with Crippen LogP contribution in [-0.2, 0) is 0 Å². The van der Waals surface area contributed by atoms with Crippen molar-refractivity contribution in [3.63, 3.8) is 0 Å². The first-order chi connectivity index (χ1) is 20.3. The van der Waals surface area contributed by atoms with Gasteiger partial charge in [0.25, 0.3) is 0 Å². The van der Waals surface area contributed by atoms with Gasteiger partial charge >= 0.3 is 0 Å². The quantitative estimate of drug-likeness (QED) is 0.164. The van der Waals surface area contributed by atoms with Crippen molar-refractivity contribution in [2.45, 2.75) is 9.79 Å². The standard InChI is InChI=1S/C38H24N2S/c1-2-10-28-26(9-1)23-34(30-12-4-3-11-29(28)30)37-31-13-5-6-14-32(31)38(33-20-22-39-24-35(33)37)41-27-18-16-25(17-19-27)36-15-7-8-21-40-36/h1-24H. The minimum atomic E-state index is 0.984. The predicted molar refractivity (Wildman–Crippen MR) is 173 cm³/mol. The Morgan fingerprint density at radius 3 is 1.98 bits per heavy atom. The lowest BCUT2D eigenvalue weighted by atomic mass is 9.88. The minimum Gasteiger partial charge on any atom is -0.264 e. The molecule has 8 aromatic rings. The lowest BCUT2D eigenvalue weighted by molar-refractivity contribution is 1.32. The SMILES string of the molecule is c1ccc(-c2ccc(Sc3c4ccccc4c(-c4cc5ccccc5c5ccccc45)c4cnccc34)cc2)nc1. The van der Waals surface area contributed by atoms with Crippen molar-refractivity contribution >= 4 is 54.9 Å². The van der Waals surface area contributed by atoms with Gasteiger partial charge in [0, 0.05) is 39.3 Å². The van der Waals surface area contributed by atoms with Crippen LogP contribution in [-0.4, -0.2) is 9.97 Å². The smallest absolute Gasteiger partial charge is 0.0701 e. The number of hydrogen-bond donors (Lipinski definition) is 0. The van der Waals surface area contributed by atoms with Crippen LogP contribution >= 0.6 is 11.8 Å². The molecular formula is C38H24N2S. The Kier molecular flexibility index (Phi) is 5.75. The zero-order chi connectivity index (χ0) is 27.2. The highest BCUT2D eigenvalue weighted by molar-refractivity contribution is 7.99. The van der Waals surface area contributed by atoms with Gasteiger partial charge in [0.1, 0.15) is 0 Å². The van der Waals surface area contributed by atoms with E-state index in [9.17, 15) is 0 Å². The fraction of sp³-hybridized carbons (Fsp3) is 0. The number of benzene rings is 6. The summed E-state index contributed by atoms with van der Waals surface area (Å²) >= 11 is 1.81. The van der Waals surface area contributed by atoms with Gasteiger partial charge in [0.05, 0.1) is 5.69 Å². The molecule has 0 saturated carbocycles. The maximum atomic E-state index is 4.63. The van der Waals surface area contributed by atoms with E-state index in [1.54, 1.807) is 0 Å². The molecule has 3 heteroatoms. The van der Waals surface area contributed by atoms with Crippen LogP contribution < -0.4 is 0 Å². The third kappa shape index (κ3) is 4.05. The molecule has 0 aliphatic heterocycles. The molecule has 0 spiro atoms. The van der Waals surface area contributed by atoms with Gasteiger partial charge < -0.3 is 0 Å². The van der Waals surface area contributed by atoms with E-state index in [0.717, 1.165) is 11.3 Å². The second kappa shape index (κ2) is 9.88. The van der Waals surface area contributed by atoms with E-state index < -0.39 is 0 Å². The van der Waals surface area contributed by atoms with E-state index in [-0.39, 0.29) is 0 Å². The normalized spacial score (nSPS) is 11.5. The Bertz CT molecular complexity index is 2160. The van der Waals surface area contributed by atoms with Crippen molar-refractivity contribution in [3.8, 4) is 22.4 Å². The molecule has 41 heavy (non-hydrogen) atoms. The van der Waals surface area contributed by atoms with Gasteiger partial charge in [-0.1, -0.05) is 103 Å². The van der Waals surface area contributed by atoms with Crippen molar-refractivity contribution in [2.75, 3.05) is 0 Å². The van der Waals surface area contributed by atoms with Gasteiger partial charge in [-0.25, -0.2) is 0 Å². The van der Waals surface area contributed by atoms with E-state index in [1.807, 2.05) is 48.6 Å². The van der Waals surface area contributed by atoms with E-state index in [4.69, 9.17) is 0 Å². The van der Waals surface area contributed by atoms with Gasteiger partial charge in [-0.05, 0) is 85.2 Å². The summed E-state index contributed by atoms with van der Waals surface area (Å²) in [6.07, 6.45) is 5.79. The van der Waals surface area contributed by atoms with Crippen LogP contribution in [0.1, 0.15) is 0 Å². The first-order valence-electron chi connectivity index (χ1n) is 13.7. The van der Waals surface area contributed by atoms with E-state index in [1.165, 1.54) is 64.0 Å². The zero-order valence-electron chi connectivity index (χ0n) is 22.2. The molecule has 0 bridgehead atoms.